The Morgan fingerprint density at radius 2 is 1.46 bits per heavy atom. The predicted molar refractivity (Wildman–Crippen MR) is 88.0 cm³/mol. The van der Waals surface area contributed by atoms with Crippen molar-refractivity contribution in [1.82, 2.24) is 5.09 Å². The van der Waals surface area contributed by atoms with Crippen molar-refractivity contribution in [3.05, 3.63) is 60.7 Å². The molecule has 0 amide bonds. The van der Waals surface area contributed by atoms with Crippen LogP contribution < -0.4 is 14.1 Å². The zero-order chi connectivity index (χ0) is 17.4. The van der Waals surface area contributed by atoms with Crippen LogP contribution in [-0.4, -0.2) is 28.8 Å². The Kier molecular flexibility index (Phi) is 6.37. The summed E-state index contributed by atoms with van der Waals surface area (Å²) in [6.07, 6.45) is -0.143. The lowest BCUT2D eigenvalue weighted by Gasteiger charge is -2.23. The van der Waals surface area contributed by atoms with E-state index < -0.39 is 19.8 Å². The lowest BCUT2D eigenvalue weighted by Crippen LogP contribution is -2.37. The van der Waals surface area contributed by atoms with Gasteiger partial charge in [0.15, 0.2) is 0 Å². The van der Waals surface area contributed by atoms with Crippen LogP contribution in [0.25, 0.3) is 0 Å². The van der Waals surface area contributed by atoms with Crippen LogP contribution in [0.2, 0.25) is 0 Å². The molecule has 0 spiro atoms. The fourth-order valence-corrected chi connectivity index (χ4v) is 3.44. The highest BCUT2D eigenvalue weighted by Crippen LogP contribution is 2.45. The molecule has 0 aliphatic heterocycles. The van der Waals surface area contributed by atoms with Gasteiger partial charge in [0.1, 0.15) is 17.5 Å². The fourth-order valence-electron chi connectivity index (χ4n) is 1.87. The van der Waals surface area contributed by atoms with Crippen LogP contribution >= 0.6 is 7.75 Å². The first kappa shape index (κ1) is 18.0. The third kappa shape index (κ3) is 5.38. The largest absolute Gasteiger partial charge is 0.513 e. The molecule has 128 valence electrons. The highest BCUT2D eigenvalue weighted by atomic mass is 31.2. The van der Waals surface area contributed by atoms with Gasteiger partial charge in [-0.25, -0.2) is 4.57 Å². The molecular weight excluding hydrogens is 333 g/mol. The number of nitrogens with one attached hydrogen (secondary N) is 1. The Balaban J connectivity index is 2.25. The van der Waals surface area contributed by atoms with Gasteiger partial charge < -0.3 is 19.3 Å². The SMILES string of the molecule is O=C(O)C(CCO)NP(=O)(Oc1ccccc1)Oc1ccccc1. The summed E-state index contributed by atoms with van der Waals surface area (Å²) in [4.78, 5) is 11.3. The highest BCUT2D eigenvalue weighted by molar-refractivity contribution is 7.52. The molecule has 1 unspecified atom stereocenters. The molecule has 0 aromatic heterocycles. The van der Waals surface area contributed by atoms with Crippen molar-refractivity contribution in [3.63, 3.8) is 0 Å². The van der Waals surface area contributed by atoms with Gasteiger partial charge in [0.2, 0.25) is 0 Å². The molecule has 0 radical (unpaired) electrons. The van der Waals surface area contributed by atoms with E-state index in [-0.39, 0.29) is 24.5 Å². The maximum Gasteiger partial charge on any atom is 0.513 e. The van der Waals surface area contributed by atoms with Gasteiger partial charge in [0.05, 0.1) is 0 Å². The molecule has 0 aliphatic rings. The molecule has 0 heterocycles. The number of benzene rings is 2. The second kappa shape index (κ2) is 8.49. The molecule has 0 fully saturated rings. The van der Waals surface area contributed by atoms with Crippen LogP contribution in [-0.2, 0) is 9.36 Å². The highest BCUT2D eigenvalue weighted by Gasteiger charge is 2.34. The number of para-hydroxylation sites is 2. The minimum atomic E-state index is -4.04. The van der Waals surface area contributed by atoms with Gasteiger partial charge in [0, 0.05) is 6.61 Å². The van der Waals surface area contributed by atoms with Crippen LogP contribution in [0.4, 0.5) is 0 Å². The second-order valence-corrected chi connectivity index (χ2v) is 6.46. The zero-order valence-corrected chi connectivity index (χ0v) is 13.6. The fraction of sp³-hybridized carbons (Fsp3) is 0.188. The van der Waals surface area contributed by atoms with Crippen LogP contribution in [0, 0.1) is 0 Å². The van der Waals surface area contributed by atoms with Crippen LogP contribution in [0.3, 0.4) is 0 Å². The van der Waals surface area contributed by atoms with Crippen molar-refractivity contribution in [3.8, 4) is 11.5 Å². The molecule has 8 heteroatoms. The quantitative estimate of drug-likeness (QED) is 0.597. The molecule has 0 aliphatic carbocycles. The Labute approximate surface area is 139 Å². The van der Waals surface area contributed by atoms with Gasteiger partial charge in [-0.3, -0.25) is 4.79 Å². The van der Waals surface area contributed by atoms with Crippen molar-refractivity contribution in [1.29, 1.82) is 0 Å². The van der Waals surface area contributed by atoms with E-state index in [4.69, 9.17) is 14.2 Å². The first-order valence-electron chi connectivity index (χ1n) is 7.23. The summed E-state index contributed by atoms with van der Waals surface area (Å²) in [5, 5.41) is 20.6. The average molecular weight is 351 g/mol. The van der Waals surface area contributed by atoms with E-state index in [2.05, 4.69) is 5.09 Å². The van der Waals surface area contributed by atoms with E-state index in [1.165, 1.54) is 0 Å². The molecule has 1 atom stereocenters. The summed E-state index contributed by atoms with van der Waals surface area (Å²) in [5.74, 6) is -0.743. The molecule has 2 aromatic rings. The van der Waals surface area contributed by atoms with E-state index in [1.807, 2.05) is 0 Å². The summed E-state index contributed by atoms with van der Waals surface area (Å²) >= 11 is 0. The van der Waals surface area contributed by atoms with Gasteiger partial charge in [-0.05, 0) is 30.7 Å². The second-order valence-electron chi connectivity index (χ2n) is 4.84. The average Bonchev–Trinajstić information content (AvgIpc) is 2.56. The molecule has 0 saturated carbocycles. The molecule has 2 aromatic carbocycles. The third-order valence-corrected chi connectivity index (χ3v) is 4.50. The Morgan fingerprint density at radius 3 is 1.83 bits per heavy atom. The monoisotopic (exact) mass is 351 g/mol. The van der Waals surface area contributed by atoms with E-state index in [0.717, 1.165) is 0 Å². The van der Waals surface area contributed by atoms with Crippen LogP contribution in [0.5, 0.6) is 11.5 Å². The Bertz CT molecular complexity index is 649. The van der Waals surface area contributed by atoms with Crippen molar-refractivity contribution >= 4 is 13.7 Å². The van der Waals surface area contributed by atoms with E-state index in [0.29, 0.717) is 0 Å². The topological polar surface area (TPSA) is 105 Å². The van der Waals surface area contributed by atoms with Crippen LogP contribution in [0.1, 0.15) is 6.42 Å². The molecule has 2 rings (SSSR count). The Hall–Kier alpha value is -2.34. The van der Waals surface area contributed by atoms with Crippen molar-refractivity contribution < 1.29 is 28.6 Å². The molecule has 7 nitrogen and oxygen atoms in total. The minimum Gasteiger partial charge on any atom is -0.480 e. The van der Waals surface area contributed by atoms with Crippen molar-refractivity contribution in [2.45, 2.75) is 12.5 Å². The van der Waals surface area contributed by atoms with Crippen molar-refractivity contribution in [2.24, 2.45) is 0 Å². The maximum atomic E-state index is 13.0. The number of aliphatic carboxylic acids is 1. The van der Waals surface area contributed by atoms with Gasteiger partial charge in [0.25, 0.3) is 0 Å². The van der Waals surface area contributed by atoms with E-state index >= 15 is 0 Å². The van der Waals surface area contributed by atoms with Gasteiger partial charge in [-0.15, -0.1) is 0 Å². The number of carboxylic acid groups (broad SMARTS) is 1. The van der Waals surface area contributed by atoms with Gasteiger partial charge in [-0.1, -0.05) is 36.4 Å². The number of hydrogen-bond acceptors (Lipinski definition) is 5. The first-order chi connectivity index (χ1) is 11.5. The van der Waals surface area contributed by atoms with E-state index in [9.17, 15) is 14.5 Å². The summed E-state index contributed by atoms with van der Waals surface area (Å²) in [6.45, 7) is -0.388. The number of carboxylic acids is 1. The van der Waals surface area contributed by atoms with Gasteiger partial charge >= 0.3 is 13.7 Å². The number of aliphatic hydroxyl groups excluding tert-OH is 1. The normalized spacial score (nSPS) is 12.4. The zero-order valence-electron chi connectivity index (χ0n) is 12.7. The lowest BCUT2D eigenvalue weighted by atomic mass is 10.2. The van der Waals surface area contributed by atoms with Gasteiger partial charge in [-0.2, -0.15) is 5.09 Å². The first-order valence-corrected chi connectivity index (χ1v) is 8.77. The van der Waals surface area contributed by atoms with Crippen molar-refractivity contribution in [2.75, 3.05) is 6.61 Å². The molecule has 3 N–H and O–H groups in total. The lowest BCUT2D eigenvalue weighted by molar-refractivity contribution is -0.139. The summed E-state index contributed by atoms with van der Waals surface area (Å²) in [5.41, 5.74) is 0. The molecule has 0 bridgehead atoms. The molecule has 24 heavy (non-hydrogen) atoms. The summed E-state index contributed by atoms with van der Waals surface area (Å²) in [6, 6.07) is 15.3. The Morgan fingerprint density at radius 1 is 1.00 bits per heavy atom. The number of aliphatic hydroxyl groups is 1. The standard InChI is InChI=1S/C16H18NO6P/c18-12-11-15(16(19)20)17-24(21,22-13-7-3-1-4-8-13)23-14-9-5-2-6-10-14/h1-10,15,18H,11-12H2,(H,17,21)(H,19,20). The molecular formula is C16H18NO6P. The molecule has 0 saturated heterocycles. The maximum absolute atomic E-state index is 13.0. The number of hydrogen-bond donors (Lipinski definition) is 3. The van der Waals surface area contributed by atoms with Crippen LogP contribution in [0.15, 0.2) is 60.7 Å². The predicted octanol–water partition coefficient (Wildman–Crippen LogP) is 2.68. The summed E-state index contributed by atoms with van der Waals surface area (Å²) in [7, 11) is -4.04. The number of carbonyl (C=O) groups is 1. The minimum absolute atomic E-state index is 0.143. The van der Waals surface area contributed by atoms with E-state index in [1.54, 1.807) is 60.7 Å². The third-order valence-electron chi connectivity index (χ3n) is 2.97. The number of rotatable bonds is 9. The smallest absolute Gasteiger partial charge is 0.480 e. The summed E-state index contributed by atoms with van der Waals surface area (Å²) < 4.78 is 23.9.